The molecule has 0 bridgehead atoms. The molecule has 1 aromatic carbocycles. The van der Waals surface area contributed by atoms with Gasteiger partial charge in [-0.05, 0) is 61.6 Å². The van der Waals surface area contributed by atoms with Crippen LogP contribution in [-0.4, -0.2) is 42.1 Å². The van der Waals surface area contributed by atoms with E-state index in [-0.39, 0.29) is 0 Å². The smallest absolute Gasteiger partial charge is 0.222 e. The number of amides is 1. The van der Waals surface area contributed by atoms with Crippen molar-refractivity contribution in [3.8, 4) is 0 Å². The van der Waals surface area contributed by atoms with Crippen molar-refractivity contribution in [2.75, 3.05) is 26.3 Å². The fraction of sp³-hybridized carbons (Fsp3) is 0.545. The van der Waals surface area contributed by atoms with Crippen molar-refractivity contribution in [2.24, 2.45) is 11.8 Å². The van der Waals surface area contributed by atoms with Gasteiger partial charge in [0, 0.05) is 44.3 Å². The molecule has 138 valence electrons. The molecule has 4 rings (SSSR count). The Kier molecular flexibility index (Phi) is 5.49. The predicted octanol–water partition coefficient (Wildman–Crippen LogP) is 3.83. The minimum absolute atomic E-state index is 0.350. The molecule has 2 saturated heterocycles. The highest BCUT2D eigenvalue weighted by atomic mass is 16.5. The number of fused-ring (bicyclic) bond motifs is 1. The van der Waals surface area contributed by atoms with E-state index >= 15 is 0 Å². The fourth-order valence-corrected chi connectivity index (χ4v) is 4.27. The zero-order chi connectivity index (χ0) is 17.8. The SMILES string of the molecule is O=C(CC1CCOCC1)N1CCC(Cc2cnc3ccccc3c2)CC1. The molecule has 0 aliphatic carbocycles. The molecule has 1 amide bonds. The lowest BCUT2D eigenvalue weighted by Crippen LogP contribution is -2.40. The average molecular weight is 352 g/mol. The topological polar surface area (TPSA) is 42.4 Å². The van der Waals surface area contributed by atoms with Crippen LogP contribution in [0.2, 0.25) is 0 Å². The van der Waals surface area contributed by atoms with Gasteiger partial charge in [0.05, 0.1) is 5.52 Å². The summed E-state index contributed by atoms with van der Waals surface area (Å²) in [5, 5.41) is 1.22. The second-order valence-corrected chi connectivity index (χ2v) is 7.82. The highest BCUT2D eigenvalue weighted by molar-refractivity contribution is 5.78. The molecule has 0 unspecified atom stereocenters. The molecule has 0 radical (unpaired) electrons. The van der Waals surface area contributed by atoms with Crippen LogP contribution in [0.3, 0.4) is 0 Å². The van der Waals surface area contributed by atoms with Crippen LogP contribution in [0.1, 0.15) is 37.7 Å². The van der Waals surface area contributed by atoms with Crippen molar-refractivity contribution in [3.63, 3.8) is 0 Å². The van der Waals surface area contributed by atoms with E-state index in [4.69, 9.17) is 4.74 Å². The number of hydrogen-bond donors (Lipinski definition) is 0. The van der Waals surface area contributed by atoms with Crippen molar-refractivity contribution in [2.45, 2.75) is 38.5 Å². The zero-order valence-electron chi connectivity index (χ0n) is 15.4. The van der Waals surface area contributed by atoms with Crippen LogP contribution >= 0.6 is 0 Å². The fourth-order valence-electron chi connectivity index (χ4n) is 4.27. The van der Waals surface area contributed by atoms with Gasteiger partial charge < -0.3 is 9.64 Å². The molecule has 0 N–H and O–H groups in total. The van der Waals surface area contributed by atoms with Crippen molar-refractivity contribution < 1.29 is 9.53 Å². The lowest BCUT2D eigenvalue weighted by atomic mass is 9.89. The number of carbonyl (C=O) groups is 1. The van der Waals surface area contributed by atoms with Gasteiger partial charge in [0.1, 0.15) is 0 Å². The monoisotopic (exact) mass is 352 g/mol. The van der Waals surface area contributed by atoms with Crippen molar-refractivity contribution in [3.05, 3.63) is 42.1 Å². The van der Waals surface area contributed by atoms with E-state index in [9.17, 15) is 4.79 Å². The minimum atomic E-state index is 0.350. The van der Waals surface area contributed by atoms with Crippen molar-refractivity contribution in [1.82, 2.24) is 9.88 Å². The number of ether oxygens (including phenoxy) is 1. The molecule has 3 heterocycles. The Morgan fingerprint density at radius 2 is 1.85 bits per heavy atom. The Labute approximate surface area is 155 Å². The Morgan fingerprint density at radius 3 is 2.65 bits per heavy atom. The zero-order valence-corrected chi connectivity index (χ0v) is 15.4. The third kappa shape index (κ3) is 4.24. The normalized spacial score (nSPS) is 19.8. The van der Waals surface area contributed by atoms with E-state index < -0.39 is 0 Å². The molecule has 2 aromatic rings. The second-order valence-electron chi connectivity index (χ2n) is 7.82. The van der Waals surface area contributed by atoms with Crippen LogP contribution < -0.4 is 0 Å². The summed E-state index contributed by atoms with van der Waals surface area (Å²) in [7, 11) is 0. The Balaban J connectivity index is 1.28. The predicted molar refractivity (Wildman–Crippen MR) is 103 cm³/mol. The first kappa shape index (κ1) is 17.5. The van der Waals surface area contributed by atoms with Gasteiger partial charge in [-0.3, -0.25) is 9.78 Å². The first-order valence-corrected chi connectivity index (χ1v) is 9.97. The van der Waals surface area contributed by atoms with Gasteiger partial charge in [0.15, 0.2) is 0 Å². The molecule has 4 heteroatoms. The number of rotatable bonds is 4. The standard InChI is InChI=1S/C22H28N2O2/c25-22(15-18-7-11-26-12-8-18)24-9-5-17(6-10-24)13-19-14-20-3-1-2-4-21(20)23-16-19/h1-4,14,16-18H,5-13,15H2. The summed E-state index contributed by atoms with van der Waals surface area (Å²) in [6, 6.07) is 10.6. The number of pyridine rings is 1. The van der Waals surface area contributed by atoms with Gasteiger partial charge in [-0.2, -0.15) is 0 Å². The first-order valence-electron chi connectivity index (χ1n) is 9.97. The number of nitrogens with zero attached hydrogens (tertiary/aromatic N) is 2. The largest absolute Gasteiger partial charge is 0.381 e. The number of carbonyl (C=O) groups excluding carboxylic acids is 1. The lowest BCUT2D eigenvalue weighted by molar-refractivity contribution is -0.134. The van der Waals surface area contributed by atoms with E-state index in [0.29, 0.717) is 24.2 Å². The summed E-state index contributed by atoms with van der Waals surface area (Å²) in [6.07, 6.45) is 8.08. The summed E-state index contributed by atoms with van der Waals surface area (Å²) in [5.41, 5.74) is 2.38. The maximum Gasteiger partial charge on any atom is 0.222 e. The molecule has 2 aliphatic rings. The molecule has 0 saturated carbocycles. The van der Waals surface area contributed by atoms with E-state index in [2.05, 4.69) is 34.1 Å². The maximum absolute atomic E-state index is 12.6. The highest BCUT2D eigenvalue weighted by Crippen LogP contribution is 2.25. The molecule has 0 spiro atoms. The van der Waals surface area contributed by atoms with Gasteiger partial charge in [-0.15, -0.1) is 0 Å². The molecule has 4 nitrogen and oxygen atoms in total. The summed E-state index contributed by atoms with van der Waals surface area (Å²) in [6.45, 7) is 3.46. The van der Waals surface area contributed by atoms with Gasteiger partial charge in [0.25, 0.3) is 0 Å². The summed E-state index contributed by atoms with van der Waals surface area (Å²) in [5.74, 6) is 1.53. The van der Waals surface area contributed by atoms with Gasteiger partial charge in [-0.1, -0.05) is 18.2 Å². The highest BCUT2D eigenvalue weighted by Gasteiger charge is 2.25. The Hall–Kier alpha value is -1.94. The summed E-state index contributed by atoms with van der Waals surface area (Å²) in [4.78, 5) is 19.2. The van der Waals surface area contributed by atoms with Crippen LogP contribution in [-0.2, 0) is 16.0 Å². The van der Waals surface area contributed by atoms with Gasteiger partial charge in [0.2, 0.25) is 5.91 Å². The number of benzene rings is 1. The van der Waals surface area contributed by atoms with Crippen LogP contribution in [0.5, 0.6) is 0 Å². The third-order valence-corrected chi connectivity index (χ3v) is 5.94. The van der Waals surface area contributed by atoms with Crippen LogP contribution in [0, 0.1) is 11.8 Å². The number of hydrogen-bond acceptors (Lipinski definition) is 3. The molecule has 2 aliphatic heterocycles. The first-order chi connectivity index (χ1) is 12.8. The van der Waals surface area contributed by atoms with Gasteiger partial charge >= 0.3 is 0 Å². The number of piperidine rings is 1. The molecular weight excluding hydrogens is 324 g/mol. The van der Waals surface area contributed by atoms with E-state index in [1.54, 1.807) is 0 Å². The lowest BCUT2D eigenvalue weighted by Gasteiger charge is -2.33. The summed E-state index contributed by atoms with van der Waals surface area (Å²) < 4.78 is 5.39. The number of likely N-dealkylation sites (tertiary alicyclic amines) is 1. The van der Waals surface area contributed by atoms with Crippen LogP contribution in [0.25, 0.3) is 10.9 Å². The maximum atomic E-state index is 12.6. The molecular formula is C22H28N2O2. The van der Waals surface area contributed by atoms with Gasteiger partial charge in [-0.25, -0.2) is 0 Å². The summed E-state index contributed by atoms with van der Waals surface area (Å²) >= 11 is 0. The Morgan fingerprint density at radius 1 is 1.08 bits per heavy atom. The van der Waals surface area contributed by atoms with Crippen molar-refractivity contribution in [1.29, 1.82) is 0 Å². The Bertz CT molecular complexity index is 747. The quantitative estimate of drug-likeness (QED) is 0.840. The second kappa shape index (κ2) is 8.17. The van der Waals surface area contributed by atoms with Crippen LogP contribution in [0.4, 0.5) is 0 Å². The average Bonchev–Trinajstić information content (AvgIpc) is 2.69. The van der Waals surface area contributed by atoms with E-state index in [0.717, 1.165) is 63.9 Å². The molecule has 26 heavy (non-hydrogen) atoms. The number of para-hydroxylation sites is 1. The van der Waals surface area contributed by atoms with E-state index in [1.807, 2.05) is 12.3 Å². The molecule has 2 fully saturated rings. The minimum Gasteiger partial charge on any atom is -0.381 e. The molecule has 1 aromatic heterocycles. The van der Waals surface area contributed by atoms with Crippen molar-refractivity contribution >= 4 is 16.8 Å². The number of aromatic nitrogens is 1. The third-order valence-electron chi connectivity index (χ3n) is 5.94. The van der Waals surface area contributed by atoms with Crippen LogP contribution in [0.15, 0.2) is 36.5 Å². The van der Waals surface area contributed by atoms with E-state index in [1.165, 1.54) is 10.9 Å². The molecule has 0 atom stereocenters.